The van der Waals surface area contributed by atoms with E-state index in [0.29, 0.717) is 12.8 Å². The number of urea groups is 1. The largest absolute Gasteiger partial charge is 0.480 e. The third kappa shape index (κ3) is 7.07. The van der Waals surface area contributed by atoms with Gasteiger partial charge in [-0.25, -0.2) is 14.4 Å². The number of anilines is 1. The molecule has 2 heterocycles. The monoisotopic (exact) mass is 614 g/mol. The highest BCUT2D eigenvalue weighted by Crippen LogP contribution is 2.33. The number of carbonyl (C=O) groups is 4. The standard InChI is InChI=1S/C28H28Cl2N6O6/c1-17(37)34-28(18-6-3-2-4-7-18)11-14-35(15-12-28)26(41)31-21(25(39)40)16-36-13-10-22(33-27(36)42)32-24(38)23-19(29)8-5-9-20(23)30/h2-10,13,21H,11-12,14-16H2,1H3,(H,31,41)(H,34,37)(H,39,40)(H,32,33,38,42)/t21-/m0/s1. The summed E-state index contributed by atoms with van der Waals surface area (Å²) in [5.74, 6) is -2.32. The summed E-state index contributed by atoms with van der Waals surface area (Å²) in [5.41, 5.74) is -0.565. The number of rotatable bonds is 8. The molecule has 1 aliphatic rings. The predicted octanol–water partition coefficient (Wildman–Crippen LogP) is 3.09. The number of carbonyl (C=O) groups excluding carboxylic acids is 3. The van der Waals surface area contributed by atoms with Crippen LogP contribution in [0.2, 0.25) is 10.0 Å². The SMILES string of the molecule is CC(=O)NC1(c2ccccc2)CCN(C(=O)N[C@@H](Cn2ccc(NC(=O)c3c(Cl)cccc3Cl)nc2=O)C(=O)O)CC1. The molecule has 0 aliphatic carbocycles. The van der Waals surface area contributed by atoms with Crippen LogP contribution < -0.4 is 21.6 Å². The van der Waals surface area contributed by atoms with Crippen LogP contribution in [-0.2, 0) is 21.7 Å². The molecular formula is C28H28Cl2N6O6. The predicted molar refractivity (Wildman–Crippen MR) is 156 cm³/mol. The second-order valence-corrected chi connectivity index (χ2v) is 10.6. The van der Waals surface area contributed by atoms with Crippen molar-refractivity contribution in [3.05, 3.63) is 92.5 Å². The maximum absolute atomic E-state index is 13.0. The molecule has 4 rings (SSSR count). The third-order valence-electron chi connectivity index (χ3n) is 6.93. The minimum atomic E-state index is -1.45. The number of nitrogens with one attached hydrogen (secondary N) is 3. The Labute approximate surface area is 250 Å². The van der Waals surface area contributed by atoms with Gasteiger partial charge in [0.2, 0.25) is 5.91 Å². The summed E-state index contributed by atoms with van der Waals surface area (Å²) in [5, 5.41) is 17.9. The number of benzene rings is 2. The van der Waals surface area contributed by atoms with E-state index >= 15 is 0 Å². The van der Waals surface area contributed by atoms with Gasteiger partial charge >= 0.3 is 17.7 Å². The number of carboxylic acid groups (broad SMARTS) is 1. The number of carboxylic acids is 1. The highest BCUT2D eigenvalue weighted by atomic mass is 35.5. The number of likely N-dealkylation sites (tertiary alicyclic amines) is 1. The molecule has 0 unspecified atom stereocenters. The van der Waals surface area contributed by atoms with Crippen LogP contribution in [0.4, 0.5) is 10.6 Å². The first-order valence-corrected chi connectivity index (χ1v) is 13.7. The molecule has 4 N–H and O–H groups in total. The zero-order chi connectivity index (χ0) is 30.4. The number of nitrogens with zero attached hydrogens (tertiary/aromatic N) is 3. The zero-order valence-electron chi connectivity index (χ0n) is 22.5. The first-order chi connectivity index (χ1) is 20.0. The molecule has 42 heavy (non-hydrogen) atoms. The summed E-state index contributed by atoms with van der Waals surface area (Å²) in [6.45, 7) is 1.55. The summed E-state index contributed by atoms with van der Waals surface area (Å²) in [6.07, 6.45) is 2.11. The fourth-order valence-electron chi connectivity index (χ4n) is 4.83. The van der Waals surface area contributed by atoms with Gasteiger partial charge in [-0.2, -0.15) is 4.98 Å². The van der Waals surface area contributed by atoms with E-state index in [1.807, 2.05) is 30.3 Å². The van der Waals surface area contributed by atoms with E-state index in [4.69, 9.17) is 23.2 Å². The maximum Gasteiger partial charge on any atom is 0.349 e. The lowest BCUT2D eigenvalue weighted by molar-refractivity contribution is -0.139. The van der Waals surface area contributed by atoms with Gasteiger partial charge in [0.1, 0.15) is 11.9 Å². The molecule has 1 saturated heterocycles. The lowest BCUT2D eigenvalue weighted by Crippen LogP contribution is -2.57. The van der Waals surface area contributed by atoms with Crippen LogP contribution >= 0.6 is 23.2 Å². The van der Waals surface area contributed by atoms with Gasteiger partial charge < -0.3 is 26.0 Å². The van der Waals surface area contributed by atoms with E-state index in [0.717, 1.165) is 10.1 Å². The number of piperidine rings is 1. The van der Waals surface area contributed by atoms with Crippen molar-refractivity contribution in [3.8, 4) is 0 Å². The van der Waals surface area contributed by atoms with E-state index in [1.165, 1.54) is 36.2 Å². The number of aromatic nitrogens is 2. The van der Waals surface area contributed by atoms with Crippen LogP contribution in [0.15, 0.2) is 65.6 Å². The van der Waals surface area contributed by atoms with Gasteiger partial charge in [0, 0.05) is 26.2 Å². The molecular weight excluding hydrogens is 587 g/mol. The molecule has 1 aromatic heterocycles. The van der Waals surface area contributed by atoms with Gasteiger partial charge in [-0.05, 0) is 36.6 Å². The fraction of sp³-hybridized carbons (Fsp3) is 0.286. The second kappa shape index (κ2) is 13.0. The van der Waals surface area contributed by atoms with Crippen molar-refractivity contribution in [1.82, 2.24) is 25.1 Å². The second-order valence-electron chi connectivity index (χ2n) is 9.76. The molecule has 0 radical (unpaired) electrons. The maximum atomic E-state index is 13.0. The molecule has 4 amide bonds. The Bertz CT molecular complexity index is 1540. The van der Waals surface area contributed by atoms with Crippen LogP contribution in [0, 0.1) is 0 Å². The molecule has 0 bridgehead atoms. The molecule has 1 atom stereocenters. The Hall–Kier alpha value is -4.42. The molecule has 1 aliphatic heterocycles. The average molecular weight is 615 g/mol. The summed E-state index contributed by atoms with van der Waals surface area (Å²) in [4.78, 5) is 67.4. The van der Waals surface area contributed by atoms with Crippen LogP contribution in [0.3, 0.4) is 0 Å². The first-order valence-electron chi connectivity index (χ1n) is 12.9. The molecule has 0 saturated carbocycles. The molecule has 12 nitrogen and oxygen atoms in total. The lowest BCUT2D eigenvalue weighted by Gasteiger charge is -2.42. The normalized spacial score (nSPS) is 14.9. The lowest BCUT2D eigenvalue weighted by atomic mass is 9.81. The Kier molecular flexibility index (Phi) is 9.48. The van der Waals surface area contributed by atoms with Crippen molar-refractivity contribution in [2.45, 2.75) is 37.9 Å². The van der Waals surface area contributed by atoms with Crippen molar-refractivity contribution >= 4 is 52.8 Å². The average Bonchev–Trinajstić information content (AvgIpc) is 2.94. The van der Waals surface area contributed by atoms with Crippen molar-refractivity contribution in [1.29, 1.82) is 0 Å². The van der Waals surface area contributed by atoms with Crippen LogP contribution in [-0.4, -0.2) is 62.5 Å². The van der Waals surface area contributed by atoms with Crippen LogP contribution in [0.1, 0.15) is 35.7 Å². The number of hydrogen-bond acceptors (Lipinski definition) is 6. The summed E-state index contributed by atoms with van der Waals surface area (Å²) in [7, 11) is 0. The van der Waals surface area contributed by atoms with Gasteiger partial charge in [0.15, 0.2) is 0 Å². The Morgan fingerprint density at radius 2 is 1.64 bits per heavy atom. The molecule has 0 spiro atoms. The Morgan fingerprint density at radius 3 is 2.21 bits per heavy atom. The number of halogens is 2. The molecule has 3 aromatic rings. The van der Waals surface area contributed by atoms with Crippen LogP contribution in [0.5, 0.6) is 0 Å². The van der Waals surface area contributed by atoms with E-state index in [9.17, 15) is 29.1 Å². The van der Waals surface area contributed by atoms with Crippen molar-refractivity contribution < 1.29 is 24.3 Å². The van der Waals surface area contributed by atoms with E-state index in [1.54, 1.807) is 6.07 Å². The van der Waals surface area contributed by atoms with Crippen LogP contribution in [0.25, 0.3) is 0 Å². The highest BCUT2D eigenvalue weighted by Gasteiger charge is 2.38. The number of amides is 4. The number of hydrogen-bond donors (Lipinski definition) is 4. The summed E-state index contributed by atoms with van der Waals surface area (Å²) >= 11 is 12.1. The third-order valence-corrected chi connectivity index (χ3v) is 7.56. The van der Waals surface area contributed by atoms with E-state index < -0.39 is 41.7 Å². The van der Waals surface area contributed by atoms with Crippen molar-refractivity contribution in [3.63, 3.8) is 0 Å². The minimum Gasteiger partial charge on any atom is -0.480 e. The molecule has 2 aromatic carbocycles. The van der Waals surface area contributed by atoms with Crippen molar-refractivity contribution in [2.24, 2.45) is 0 Å². The Balaban J connectivity index is 1.40. The minimum absolute atomic E-state index is 0.0104. The molecule has 1 fully saturated rings. The van der Waals surface area contributed by atoms with Gasteiger partial charge in [-0.3, -0.25) is 14.2 Å². The number of aliphatic carboxylic acids is 1. The molecule has 220 valence electrons. The smallest absolute Gasteiger partial charge is 0.349 e. The summed E-state index contributed by atoms with van der Waals surface area (Å²) in [6, 6.07) is 13.3. The van der Waals surface area contributed by atoms with Gasteiger partial charge in [0.05, 0.1) is 27.7 Å². The summed E-state index contributed by atoms with van der Waals surface area (Å²) < 4.78 is 1.00. The Morgan fingerprint density at radius 1 is 1.00 bits per heavy atom. The quantitative estimate of drug-likeness (QED) is 0.303. The van der Waals surface area contributed by atoms with E-state index in [-0.39, 0.29) is 40.4 Å². The van der Waals surface area contributed by atoms with Gasteiger partial charge in [-0.15, -0.1) is 0 Å². The fourth-order valence-corrected chi connectivity index (χ4v) is 5.39. The zero-order valence-corrected chi connectivity index (χ0v) is 24.0. The van der Waals surface area contributed by atoms with E-state index in [2.05, 4.69) is 20.9 Å². The highest BCUT2D eigenvalue weighted by molar-refractivity contribution is 6.40. The first kappa shape index (κ1) is 30.5. The van der Waals surface area contributed by atoms with Gasteiger partial charge in [-0.1, -0.05) is 59.6 Å². The van der Waals surface area contributed by atoms with Crippen molar-refractivity contribution in [2.75, 3.05) is 18.4 Å². The molecule has 14 heteroatoms. The van der Waals surface area contributed by atoms with Gasteiger partial charge in [0.25, 0.3) is 5.91 Å². The topological polar surface area (TPSA) is 163 Å².